The van der Waals surface area contributed by atoms with E-state index in [0.29, 0.717) is 35.1 Å². The molecule has 128 valence electrons. The predicted octanol–water partition coefficient (Wildman–Crippen LogP) is 3.83. The second kappa shape index (κ2) is 6.05. The van der Waals surface area contributed by atoms with Crippen molar-refractivity contribution in [1.29, 1.82) is 0 Å². The number of carbonyl (C=O) groups excluding carboxylic acids is 1. The van der Waals surface area contributed by atoms with Crippen LogP contribution >= 0.6 is 22.7 Å². The molecule has 2 amide bonds. The van der Waals surface area contributed by atoms with E-state index in [0.717, 1.165) is 20.5 Å². The van der Waals surface area contributed by atoms with Crippen LogP contribution in [0, 0.1) is 0 Å². The number of rotatable bonds is 2. The fraction of sp³-hybridized carbons (Fsp3) is 0.176. The molecule has 4 rings (SSSR count). The summed E-state index contributed by atoms with van der Waals surface area (Å²) in [5.74, 6) is -0.193. The highest BCUT2D eigenvalue weighted by Crippen LogP contribution is 2.39. The Morgan fingerprint density at radius 1 is 1.24 bits per heavy atom. The van der Waals surface area contributed by atoms with Gasteiger partial charge in [-0.25, -0.2) is 4.79 Å². The van der Waals surface area contributed by atoms with Crippen molar-refractivity contribution in [3.05, 3.63) is 45.6 Å². The third kappa shape index (κ3) is 2.83. The van der Waals surface area contributed by atoms with E-state index in [1.54, 1.807) is 0 Å². The fourth-order valence-corrected chi connectivity index (χ4v) is 5.08. The lowest BCUT2D eigenvalue weighted by atomic mass is 10.1. The average Bonchev–Trinajstić information content (AvgIpc) is 3.16. The van der Waals surface area contributed by atoms with Gasteiger partial charge in [-0.1, -0.05) is 18.2 Å². The van der Waals surface area contributed by atoms with E-state index in [1.807, 2.05) is 30.3 Å². The zero-order valence-electron chi connectivity index (χ0n) is 13.1. The Morgan fingerprint density at radius 2 is 2.04 bits per heavy atom. The molecular weight excluding hydrogens is 358 g/mol. The highest BCUT2D eigenvalue weighted by atomic mass is 32.1. The van der Waals surface area contributed by atoms with E-state index >= 15 is 0 Å². The maximum Gasteiger partial charge on any atom is 0.407 e. The zero-order chi connectivity index (χ0) is 17.6. The lowest BCUT2D eigenvalue weighted by molar-refractivity contribution is 0.103. The molecule has 0 bridgehead atoms. The van der Waals surface area contributed by atoms with Gasteiger partial charge in [0.05, 0.1) is 17.1 Å². The number of amides is 2. The van der Waals surface area contributed by atoms with Gasteiger partial charge in [-0.05, 0) is 29.5 Å². The lowest BCUT2D eigenvalue weighted by Gasteiger charge is -2.23. The maximum atomic E-state index is 12.6. The van der Waals surface area contributed by atoms with E-state index in [-0.39, 0.29) is 5.91 Å². The molecule has 3 heterocycles. The van der Waals surface area contributed by atoms with Crippen molar-refractivity contribution in [3.63, 3.8) is 0 Å². The molecular formula is C17H15N3O3S2. The largest absolute Gasteiger partial charge is 0.465 e. The topological polar surface area (TPSA) is 95.7 Å². The number of nitrogens with two attached hydrogens (primary N) is 1. The minimum absolute atomic E-state index is 0.193. The molecule has 0 unspecified atom stereocenters. The van der Waals surface area contributed by atoms with Gasteiger partial charge in [0.1, 0.15) is 5.00 Å². The summed E-state index contributed by atoms with van der Waals surface area (Å²) in [6.07, 6.45) is -0.364. The summed E-state index contributed by atoms with van der Waals surface area (Å²) in [4.78, 5) is 26.6. The van der Waals surface area contributed by atoms with E-state index in [1.165, 1.54) is 27.6 Å². The van der Waals surface area contributed by atoms with E-state index in [2.05, 4.69) is 5.32 Å². The Bertz CT molecular complexity index is 959. The zero-order valence-corrected chi connectivity index (χ0v) is 14.7. The van der Waals surface area contributed by atoms with Gasteiger partial charge in [-0.3, -0.25) is 4.79 Å². The number of hydrogen-bond acceptors (Lipinski definition) is 5. The van der Waals surface area contributed by atoms with Crippen LogP contribution < -0.4 is 11.1 Å². The van der Waals surface area contributed by atoms with Crippen molar-refractivity contribution >= 4 is 55.4 Å². The number of thiophene rings is 2. The predicted molar refractivity (Wildman–Crippen MR) is 101 cm³/mol. The molecule has 1 aliphatic heterocycles. The van der Waals surface area contributed by atoms with Crippen molar-refractivity contribution in [2.45, 2.75) is 13.0 Å². The van der Waals surface area contributed by atoms with Crippen LogP contribution in [0.5, 0.6) is 0 Å². The van der Waals surface area contributed by atoms with Crippen LogP contribution in [0.15, 0.2) is 30.3 Å². The quantitative estimate of drug-likeness (QED) is 0.636. The minimum atomic E-state index is -0.937. The first-order valence-corrected chi connectivity index (χ1v) is 9.34. The summed E-state index contributed by atoms with van der Waals surface area (Å²) in [6.45, 7) is 0.741. The van der Waals surface area contributed by atoms with Crippen molar-refractivity contribution < 1.29 is 14.7 Å². The Kier molecular flexibility index (Phi) is 3.85. The Balaban J connectivity index is 1.59. The number of carbonyl (C=O) groups is 2. The van der Waals surface area contributed by atoms with Gasteiger partial charge in [-0.15, -0.1) is 22.7 Å². The first-order valence-electron chi connectivity index (χ1n) is 7.70. The third-order valence-corrected chi connectivity index (χ3v) is 6.51. The number of hydrogen-bond donors (Lipinski definition) is 3. The van der Waals surface area contributed by atoms with Crippen LogP contribution in [0.4, 0.5) is 15.5 Å². The number of nitrogens with zero attached hydrogens (tertiary/aromatic N) is 1. The average molecular weight is 373 g/mol. The van der Waals surface area contributed by atoms with E-state index < -0.39 is 6.09 Å². The summed E-state index contributed by atoms with van der Waals surface area (Å²) in [6, 6.07) is 9.71. The van der Waals surface area contributed by atoms with Crippen LogP contribution in [-0.4, -0.2) is 28.6 Å². The number of nitrogens with one attached hydrogen (secondary N) is 1. The molecule has 0 saturated carbocycles. The van der Waals surface area contributed by atoms with Crippen molar-refractivity contribution in [2.75, 3.05) is 17.6 Å². The van der Waals surface area contributed by atoms with Crippen molar-refractivity contribution in [1.82, 2.24) is 4.90 Å². The summed E-state index contributed by atoms with van der Waals surface area (Å²) < 4.78 is 1.06. The number of nitrogen functional groups attached to an aromatic ring is 1. The summed E-state index contributed by atoms with van der Waals surface area (Å²) in [7, 11) is 0. The van der Waals surface area contributed by atoms with Gasteiger partial charge in [-0.2, -0.15) is 0 Å². The molecule has 25 heavy (non-hydrogen) atoms. The van der Waals surface area contributed by atoms with Gasteiger partial charge >= 0.3 is 6.09 Å². The molecule has 0 fully saturated rings. The maximum absolute atomic E-state index is 12.6. The molecule has 1 aromatic carbocycles. The monoisotopic (exact) mass is 373 g/mol. The molecule has 3 aromatic rings. The smallest absolute Gasteiger partial charge is 0.407 e. The Labute approximate surface area is 151 Å². The lowest BCUT2D eigenvalue weighted by Crippen LogP contribution is -2.34. The fourth-order valence-electron chi connectivity index (χ4n) is 2.94. The summed E-state index contributed by atoms with van der Waals surface area (Å²) in [5.41, 5.74) is 7.69. The first-order chi connectivity index (χ1) is 12.0. The van der Waals surface area contributed by atoms with Crippen LogP contribution in [0.1, 0.15) is 20.1 Å². The first kappa shape index (κ1) is 15.9. The molecule has 0 saturated heterocycles. The van der Waals surface area contributed by atoms with Crippen molar-refractivity contribution in [2.24, 2.45) is 0 Å². The van der Waals surface area contributed by atoms with Gasteiger partial charge in [0.15, 0.2) is 0 Å². The molecule has 1 aliphatic rings. The van der Waals surface area contributed by atoms with Gasteiger partial charge in [0.25, 0.3) is 5.91 Å². The molecule has 0 spiro atoms. The minimum Gasteiger partial charge on any atom is -0.465 e. The highest BCUT2D eigenvalue weighted by molar-refractivity contribution is 7.21. The molecule has 2 aromatic heterocycles. The number of anilines is 2. The molecule has 6 nitrogen and oxygen atoms in total. The second-order valence-corrected chi connectivity index (χ2v) is 7.99. The molecule has 4 N–H and O–H groups in total. The Hall–Kier alpha value is -2.58. The van der Waals surface area contributed by atoms with Gasteiger partial charge in [0, 0.05) is 16.1 Å². The molecule has 0 radical (unpaired) electrons. The highest BCUT2D eigenvalue weighted by Gasteiger charge is 2.26. The van der Waals surface area contributed by atoms with Crippen LogP contribution in [-0.2, 0) is 13.0 Å². The van der Waals surface area contributed by atoms with Gasteiger partial charge in [0.2, 0.25) is 0 Å². The number of fused-ring (bicyclic) bond motifs is 2. The standard InChI is InChI=1S/C17H15N3O3S2/c18-14-10-5-6-20(17(22)23)8-13(10)25-16(14)19-15(21)12-7-9-3-1-2-4-11(9)24-12/h1-4,7H,5-6,8,18H2,(H,19,21)(H,22,23). The van der Waals surface area contributed by atoms with E-state index in [4.69, 9.17) is 10.8 Å². The SMILES string of the molecule is Nc1c(NC(=O)c2cc3ccccc3s2)sc2c1CCN(C(=O)O)C2. The van der Waals surface area contributed by atoms with Crippen LogP contribution in [0.3, 0.4) is 0 Å². The van der Waals surface area contributed by atoms with Crippen LogP contribution in [0.2, 0.25) is 0 Å². The normalized spacial score (nSPS) is 13.7. The molecule has 0 aliphatic carbocycles. The van der Waals surface area contributed by atoms with Gasteiger partial charge < -0.3 is 21.1 Å². The summed E-state index contributed by atoms with van der Waals surface area (Å²) >= 11 is 2.79. The summed E-state index contributed by atoms with van der Waals surface area (Å²) in [5, 5.41) is 13.7. The van der Waals surface area contributed by atoms with E-state index in [9.17, 15) is 9.59 Å². The Morgan fingerprint density at radius 3 is 2.80 bits per heavy atom. The molecule has 8 heteroatoms. The van der Waals surface area contributed by atoms with Crippen LogP contribution in [0.25, 0.3) is 10.1 Å². The molecule has 0 atom stereocenters. The number of carboxylic acid groups (broad SMARTS) is 1. The second-order valence-electron chi connectivity index (χ2n) is 5.80. The third-order valence-electron chi connectivity index (χ3n) is 4.24. The van der Waals surface area contributed by atoms with Crippen molar-refractivity contribution in [3.8, 4) is 0 Å². The number of benzene rings is 1.